The summed E-state index contributed by atoms with van der Waals surface area (Å²) in [5, 5.41) is 9.82. The number of amides is 2. The number of hydrogen-bond donors (Lipinski definition) is 2. The third-order valence-corrected chi connectivity index (χ3v) is 6.01. The third kappa shape index (κ3) is 5.92. The number of nitrogens with one attached hydrogen (secondary N) is 2. The predicted octanol–water partition coefficient (Wildman–Crippen LogP) is 4.40. The molecule has 0 spiro atoms. The van der Waals surface area contributed by atoms with Gasteiger partial charge in [0.1, 0.15) is 17.6 Å². The van der Waals surface area contributed by atoms with Gasteiger partial charge in [0.05, 0.1) is 35.3 Å². The van der Waals surface area contributed by atoms with E-state index in [4.69, 9.17) is 21.1 Å². The second-order valence-electron chi connectivity index (χ2n) is 8.17. The molecule has 0 unspecified atom stereocenters. The van der Waals surface area contributed by atoms with Crippen LogP contribution in [0.4, 0.5) is 9.18 Å². The number of benzene rings is 2. The number of carbonyl (C=O) groups is 3. The second-order valence-corrected chi connectivity index (χ2v) is 8.53. The SMILES string of the molecule is CCOC(=O)C1=C(COC(=O)/C=C/c2c(C)nn(-c3ccc(F)cc3)c2Cl)NC(=O)N[C@H]1c1ccccc1. The highest BCUT2D eigenvalue weighted by Gasteiger charge is 2.34. The molecule has 9 nitrogen and oxygen atoms in total. The van der Waals surface area contributed by atoms with E-state index in [1.807, 2.05) is 6.07 Å². The van der Waals surface area contributed by atoms with Crippen LogP contribution in [-0.4, -0.2) is 41.0 Å². The number of halogens is 2. The van der Waals surface area contributed by atoms with E-state index in [1.54, 1.807) is 38.1 Å². The van der Waals surface area contributed by atoms with Gasteiger partial charge in [0.25, 0.3) is 0 Å². The Morgan fingerprint density at radius 1 is 1.13 bits per heavy atom. The fourth-order valence-electron chi connectivity index (χ4n) is 3.87. The van der Waals surface area contributed by atoms with Gasteiger partial charge in [-0.2, -0.15) is 5.10 Å². The lowest BCUT2D eigenvalue weighted by atomic mass is 9.95. The highest BCUT2D eigenvalue weighted by Crippen LogP contribution is 2.28. The van der Waals surface area contributed by atoms with Crippen molar-refractivity contribution < 1.29 is 28.2 Å². The van der Waals surface area contributed by atoms with Crippen LogP contribution in [0, 0.1) is 12.7 Å². The van der Waals surface area contributed by atoms with E-state index < -0.39 is 29.8 Å². The van der Waals surface area contributed by atoms with Gasteiger partial charge in [0, 0.05) is 11.6 Å². The molecule has 4 rings (SSSR count). The van der Waals surface area contributed by atoms with Crippen molar-refractivity contribution in [3.63, 3.8) is 0 Å². The summed E-state index contributed by atoms with van der Waals surface area (Å²) in [6.07, 6.45) is 2.61. The molecule has 1 aliphatic rings. The van der Waals surface area contributed by atoms with Gasteiger partial charge < -0.3 is 20.1 Å². The lowest BCUT2D eigenvalue weighted by molar-refractivity contribution is -0.140. The Morgan fingerprint density at radius 3 is 2.53 bits per heavy atom. The van der Waals surface area contributed by atoms with Crippen molar-refractivity contribution in [2.75, 3.05) is 13.2 Å². The number of rotatable bonds is 8. The lowest BCUT2D eigenvalue weighted by Crippen LogP contribution is -2.47. The maximum Gasteiger partial charge on any atom is 0.338 e. The summed E-state index contributed by atoms with van der Waals surface area (Å²) in [6.45, 7) is 3.12. The molecule has 0 saturated heterocycles. The number of ether oxygens (including phenoxy) is 2. The molecule has 0 bridgehead atoms. The lowest BCUT2D eigenvalue weighted by Gasteiger charge is -2.29. The van der Waals surface area contributed by atoms with Gasteiger partial charge in [-0.05, 0) is 49.8 Å². The Kier molecular flexibility index (Phi) is 8.22. The predicted molar refractivity (Wildman–Crippen MR) is 138 cm³/mol. The Hall–Kier alpha value is -4.44. The van der Waals surface area contributed by atoms with Crippen molar-refractivity contribution in [1.82, 2.24) is 20.4 Å². The van der Waals surface area contributed by atoms with E-state index in [0.29, 0.717) is 22.5 Å². The zero-order valence-electron chi connectivity index (χ0n) is 20.5. The van der Waals surface area contributed by atoms with Crippen molar-refractivity contribution in [1.29, 1.82) is 0 Å². The Morgan fingerprint density at radius 2 is 1.84 bits per heavy atom. The molecule has 38 heavy (non-hydrogen) atoms. The second kappa shape index (κ2) is 11.7. The number of hydrogen-bond acceptors (Lipinski definition) is 6. The van der Waals surface area contributed by atoms with E-state index >= 15 is 0 Å². The average molecular weight is 539 g/mol. The van der Waals surface area contributed by atoms with Crippen LogP contribution in [0.3, 0.4) is 0 Å². The van der Waals surface area contributed by atoms with Crippen LogP contribution < -0.4 is 10.6 Å². The smallest absolute Gasteiger partial charge is 0.338 e. The molecule has 2 aromatic carbocycles. The van der Waals surface area contributed by atoms with Crippen molar-refractivity contribution in [2.45, 2.75) is 19.9 Å². The van der Waals surface area contributed by atoms with Crippen molar-refractivity contribution >= 4 is 35.6 Å². The quantitative estimate of drug-likeness (QED) is 0.325. The molecule has 2 amide bonds. The molecule has 1 aliphatic heterocycles. The number of esters is 2. The summed E-state index contributed by atoms with van der Waals surface area (Å²) in [5.74, 6) is -1.78. The van der Waals surface area contributed by atoms with Crippen LogP contribution >= 0.6 is 11.6 Å². The summed E-state index contributed by atoms with van der Waals surface area (Å²) in [4.78, 5) is 37.7. The van der Waals surface area contributed by atoms with Gasteiger partial charge in [-0.15, -0.1) is 0 Å². The van der Waals surface area contributed by atoms with Gasteiger partial charge in [0.15, 0.2) is 0 Å². The minimum absolute atomic E-state index is 0.112. The standard InChI is InChI=1S/C27H24ClFN4O5/c1-3-37-26(35)23-21(30-27(36)31-24(23)17-7-5-4-6-8-17)15-38-22(34)14-13-20-16(2)32-33(25(20)28)19-11-9-18(29)10-12-19/h4-14,24H,3,15H2,1-2H3,(H2,30,31,36)/b14-13+/t24-/m0/s1. The van der Waals surface area contributed by atoms with E-state index in [0.717, 1.165) is 6.08 Å². The molecular formula is C27H24ClFN4O5. The summed E-state index contributed by atoms with van der Waals surface area (Å²) in [6, 6.07) is 13.2. The fraction of sp³-hybridized carbons (Fsp3) is 0.185. The van der Waals surface area contributed by atoms with Crippen LogP contribution in [0.25, 0.3) is 11.8 Å². The normalized spacial score (nSPS) is 15.3. The summed E-state index contributed by atoms with van der Waals surface area (Å²) in [5.41, 5.74) is 2.47. The van der Waals surface area contributed by atoms with Crippen LogP contribution in [0.2, 0.25) is 5.15 Å². The number of carbonyl (C=O) groups excluding carboxylic acids is 3. The first-order valence-corrected chi connectivity index (χ1v) is 12.0. The zero-order valence-corrected chi connectivity index (χ0v) is 21.3. The summed E-state index contributed by atoms with van der Waals surface area (Å²) < 4.78 is 25.2. The first-order valence-electron chi connectivity index (χ1n) is 11.7. The molecule has 1 aromatic heterocycles. The maximum atomic E-state index is 13.3. The zero-order chi connectivity index (χ0) is 27.2. The van der Waals surface area contributed by atoms with Crippen LogP contribution in [0.5, 0.6) is 0 Å². The molecule has 11 heteroatoms. The molecule has 0 saturated carbocycles. The van der Waals surface area contributed by atoms with Gasteiger partial charge >= 0.3 is 18.0 Å². The van der Waals surface area contributed by atoms with E-state index in [9.17, 15) is 18.8 Å². The molecule has 2 N–H and O–H groups in total. The molecule has 1 atom stereocenters. The van der Waals surface area contributed by atoms with Gasteiger partial charge in [-0.3, -0.25) is 0 Å². The molecule has 0 radical (unpaired) electrons. The highest BCUT2D eigenvalue weighted by molar-refractivity contribution is 6.31. The molecule has 196 valence electrons. The van der Waals surface area contributed by atoms with E-state index in [1.165, 1.54) is 35.0 Å². The maximum absolute atomic E-state index is 13.3. The first kappa shape index (κ1) is 26.6. The molecular weight excluding hydrogens is 515 g/mol. The monoisotopic (exact) mass is 538 g/mol. The molecule has 0 fully saturated rings. The largest absolute Gasteiger partial charge is 0.463 e. The van der Waals surface area contributed by atoms with Gasteiger partial charge in [-0.1, -0.05) is 41.9 Å². The minimum Gasteiger partial charge on any atom is -0.463 e. The van der Waals surface area contributed by atoms with Gasteiger partial charge in [-0.25, -0.2) is 23.5 Å². The van der Waals surface area contributed by atoms with Crippen LogP contribution in [-0.2, 0) is 19.1 Å². The summed E-state index contributed by atoms with van der Waals surface area (Å²) in [7, 11) is 0. The highest BCUT2D eigenvalue weighted by atomic mass is 35.5. The van der Waals surface area contributed by atoms with Crippen molar-refractivity contribution in [3.05, 3.63) is 99.7 Å². The van der Waals surface area contributed by atoms with Gasteiger partial charge in [0.2, 0.25) is 0 Å². The van der Waals surface area contributed by atoms with E-state index in [-0.39, 0.29) is 29.6 Å². The first-order chi connectivity index (χ1) is 18.3. The topological polar surface area (TPSA) is 112 Å². The number of urea groups is 1. The van der Waals surface area contributed by atoms with Crippen LogP contribution in [0.1, 0.15) is 29.8 Å². The Bertz CT molecular complexity index is 1420. The van der Waals surface area contributed by atoms with E-state index in [2.05, 4.69) is 15.7 Å². The Balaban J connectivity index is 1.54. The van der Waals surface area contributed by atoms with Crippen molar-refractivity contribution in [3.8, 4) is 5.69 Å². The number of aryl methyl sites for hydroxylation is 1. The molecule has 0 aliphatic carbocycles. The molecule has 3 aromatic rings. The summed E-state index contributed by atoms with van der Waals surface area (Å²) >= 11 is 6.45. The average Bonchev–Trinajstić information content (AvgIpc) is 3.19. The van der Waals surface area contributed by atoms with Crippen molar-refractivity contribution in [2.24, 2.45) is 0 Å². The van der Waals surface area contributed by atoms with Crippen LogP contribution in [0.15, 0.2) is 71.9 Å². The molecule has 2 heterocycles. The third-order valence-electron chi connectivity index (χ3n) is 5.65. The number of nitrogens with zero attached hydrogens (tertiary/aromatic N) is 2. The number of aromatic nitrogens is 2. The minimum atomic E-state index is -0.785. The fourth-order valence-corrected chi connectivity index (χ4v) is 4.21. The Labute approximate surface area is 222 Å².